The predicted molar refractivity (Wildman–Crippen MR) is 84.2 cm³/mol. The maximum atomic E-state index is 14.4. The number of fused-ring (bicyclic) bond motifs is 1. The zero-order valence-corrected chi connectivity index (χ0v) is 13.8. The van der Waals surface area contributed by atoms with Crippen molar-refractivity contribution in [3.63, 3.8) is 0 Å². The van der Waals surface area contributed by atoms with E-state index in [1.54, 1.807) is 6.07 Å². The topological polar surface area (TPSA) is 87.4 Å². The van der Waals surface area contributed by atoms with Crippen molar-refractivity contribution in [2.24, 2.45) is 0 Å². The van der Waals surface area contributed by atoms with E-state index in [-0.39, 0.29) is 39.5 Å². The van der Waals surface area contributed by atoms with Crippen LogP contribution in [0.1, 0.15) is 35.4 Å². The first kappa shape index (κ1) is 17.3. The van der Waals surface area contributed by atoms with Gasteiger partial charge in [0, 0.05) is 29.9 Å². The molecule has 3 rings (SSSR count). The summed E-state index contributed by atoms with van der Waals surface area (Å²) in [5, 5.41) is 18.9. The SMILES string of the molecule is CS(=O)(=O)c1ccc(Oc2cc(F)cc(C#N)c2)c2c1[C@H](O)CC2F. The number of aliphatic hydroxyl groups is 1. The Bertz CT molecular complexity index is 998. The number of nitriles is 1. The summed E-state index contributed by atoms with van der Waals surface area (Å²) in [5.74, 6) is -0.754. The van der Waals surface area contributed by atoms with Crippen LogP contribution in [0.15, 0.2) is 35.2 Å². The van der Waals surface area contributed by atoms with Gasteiger partial charge in [-0.1, -0.05) is 0 Å². The lowest BCUT2D eigenvalue weighted by molar-refractivity contribution is 0.149. The van der Waals surface area contributed by atoms with Crippen LogP contribution in [-0.2, 0) is 9.84 Å². The first-order valence-corrected chi connectivity index (χ1v) is 9.17. The number of hydrogen-bond donors (Lipinski definition) is 1. The molecular formula is C17H13F2NO4S. The monoisotopic (exact) mass is 365 g/mol. The highest BCUT2D eigenvalue weighted by atomic mass is 32.2. The molecule has 25 heavy (non-hydrogen) atoms. The first-order valence-electron chi connectivity index (χ1n) is 7.28. The maximum absolute atomic E-state index is 14.4. The number of benzene rings is 2. The van der Waals surface area contributed by atoms with Crippen molar-refractivity contribution in [3.8, 4) is 17.6 Å². The second-order valence-corrected chi connectivity index (χ2v) is 7.75. The molecule has 0 aromatic heterocycles. The molecule has 0 bridgehead atoms. The molecule has 0 saturated carbocycles. The highest BCUT2D eigenvalue weighted by Gasteiger charge is 2.37. The summed E-state index contributed by atoms with van der Waals surface area (Å²) in [6.45, 7) is 0. The standard InChI is InChI=1S/C17H13F2NO4S/c1-25(22,23)15-3-2-14(16-12(19)7-13(21)17(15)16)24-11-5-9(8-20)4-10(18)6-11/h2-6,12-13,21H,7H2,1H3/t12?,13-/m1/s1. The zero-order valence-electron chi connectivity index (χ0n) is 13.0. The molecule has 130 valence electrons. The van der Waals surface area contributed by atoms with Crippen LogP contribution in [0.5, 0.6) is 11.5 Å². The molecule has 0 radical (unpaired) electrons. The molecule has 0 saturated heterocycles. The molecule has 1 unspecified atom stereocenters. The highest BCUT2D eigenvalue weighted by Crippen LogP contribution is 2.49. The van der Waals surface area contributed by atoms with Gasteiger partial charge in [0.25, 0.3) is 0 Å². The molecule has 2 aromatic carbocycles. The van der Waals surface area contributed by atoms with Crippen LogP contribution in [0.4, 0.5) is 8.78 Å². The normalized spacial score (nSPS) is 19.3. The number of aliphatic hydroxyl groups excluding tert-OH is 1. The third-order valence-electron chi connectivity index (χ3n) is 3.91. The fourth-order valence-electron chi connectivity index (χ4n) is 2.92. The van der Waals surface area contributed by atoms with E-state index in [0.717, 1.165) is 18.4 Å². The van der Waals surface area contributed by atoms with Crippen molar-refractivity contribution in [2.45, 2.75) is 23.6 Å². The minimum Gasteiger partial charge on any atom is -0.457 e. The summed E-state index contributed by atoms with van der Waals surface area (Å²) in [5.41, 5.74) is -0.0844. The van der Waals surface area contributed by atoms with Crippen LogP contribution in [0.2, 0.25) is 0 Å². The Morgan fingerprint density at radius 3 is 2.64 bits per heavy atom. The molecule has 0 aliphatic heterocycles. The number of halogens is 2. The summed E-state index contributed by atoms with van der Waals surface area (Å²) in [6.07, 6.45) is -2.22. The minimum atomic E-state index is -3.68. The van der Waals surface area contributed by atoms with Crippen LogP contribution in [-0.4, -0.2) is 19.8 Å². The molecule has 2 atom stereocenters. The smallest absolute Gasteiger partial charge is 0.175 e. The number of hydrogen-bond acceptors (Lipinski definition) is 5. The maximum Gasteiger partial charge on any atom is 0.175 e. The fraction of sp³-hybridized carbons (Fsp3) is 0.235. The van der Waals surface area contributed by atoms with E-state index in [1.165, 1.54) is 18.2 Å². The fourth-order valence-corrected chi connectivity index (χ4v) is 3.88. The molecule has 1 N–H and O–H groups in total. The van der Waals surface area contributed by atoms with Crippen molar-refractivity contribution in [1.29, 1.82) is 5.26 Å². The lowest BCUT2D eigenvalue weighted by atomic mass is 10.1. The van der Waals surface area contributed by atoms with Gasteiger partial charge in [-0.3, -0.25) is 0 Å². The molecule has 8 heteroatoms. The summed E-state index contributed by atoms with van der Waals surface area (Å²) < 4.78 is 57.1. The molecular weight excluding hydrogens is 352 g/mol. The van der Waals surface area contributed by atoms with Gasteiger partial charge in [-0.2, -0.15) is 5.26 Å². The Balaban J connectivity index is 2.14. The van der Waals surface area contributed by atoms with E-state index >= 15 is 0 Å². The van der Waals surface area contributed by atoms with E-state index < -0.39 is 27.9 Å². The molecule has 0 amide bonds. The van der Waals surface area contributed by atoms with Crippen molar-refractivity contribution in [2.75, 3.05) is 6.26 Å². The average molecular weight is 365 g/mol. The van der Waals surface area contributed by atoms with Gasteiger partial charge in [-0.25, -0.2) is 17.2 Å². The van der Waals surface area contributed by atoms with Gasteiger partial charge in [0.1, 0.15) is 23.5 Å². The van der Waals surface area contributed by atoms with Gasteiger partial charge >= 0.3 is 0 Å². The Hall–Kier alpha value is -2.50. The minimum absolute atomic E-state index is 0.0243. The largest absolute Gasteiger partial charge is 0.457 e. The van der Waals surface area contributed by atoms with Gasteiger partial charge < -0.3 is 9.84 Å². The average Bonchev–Trinajstić information content (AvgIpc) is 2.81. The number of nitrogens with zero attached hydrogens (tertiary/aromatic N) is 1. The first-order chi connectivity index (χ1) is 11.7. The van der Waals surface area contributed by atoms with Gasteiger partial charge in [0.15, 0.2) is 9.84 Å². The second-order valence-electron chi connectivity index (χ2n) is 5.77. The highest BCUT2D eigenvalue weighted by molar-refractivity contribution is 7.90. The number of sulfone groups is 1. The van der Waals surface area contributed by atoms with Gasteiger partial charge in [-0.05, 0) is 24.3 Å². The van der Waals surface area contributed by atoms with E-state index in [0.29, 0.717) is 0 Å². The third-order valence-corrected chi connectivity index (χ3v) is 5.07. The van der Waals surface area contributed by atoms with Crippen molar-refractivity contribution < 1.29 is 27.0 Å². The van der Waals surface area contributed by atoms with Crippen LogP contribution < -0.4 is 4.74 Å². The van der Waals surface area contributed by atoms with Gasteiger partial charge in [0.05, 0.1) is 22.6 Å². The Labute approximate surface area is 143 Å². The summed E-state index contributed by atoms with van der Waals surface area (Å²) in [7, 11) is -3.68. The van der Waals surface area contributed by atoms with Gasteiger partial charge in [-0.15, -0.1) is 0 Å². The number of alkyl halides is 1. The molecule has 1 aliphatic rings. The number of ether oxygens (including phenoxy) is 1. The molecule has 0 fully saturated rings. The van der Waals surface area contributed by atoms with Crippen LogP contribution in [0.25, 0.3) is 0 Å². The van der Waals surface area contributed by atoms with E-state index in [1.807, 2.05) is 0 Å². The molecule has 2 aromatic rings. The molecule has 5 nitrogen and oxygen atoms in total. The molecule has 0 spiro atoms. The third kappa shape index (κ3) is 3.21. The lowest BCUT2D eigenvalue weighted by Gasteiger charge is -2.15. The second kappa shape index (κ2) is 6.10. The Morgan fingerprint density at radius 1 is 1.28 bits per heavy atom. The summed E-state index contributed by atoms with van der Waals surface area (Å²) in [4.78, 5) is -0.167. The van der Waals surface area contributed by atoms with Crippen molar-refractivity contribution in [1.82, 2.24) is 0 Å². The van der Waals surface area contributed by atoms with Crippen LogP contribution in [0.3, 0.4) is 0 Å². The predicted octanol–water partition coefficient (Wildman–Crippen LogP) is 3.34. The molecule has 0 heterocycles. The Kier molecular flexibility index (Phi) is 4.22. The quantitative estimate of drug-likeness (QED) is 0.901. The summed E-state index contributed by atoms with van der Waals surface area (Å²) in [6, 6.07) is 7.58. The van der Waals surface area contributed by atoms with Gasteiger partial charge in [0.2, 0.25) is 0 Å². The van der Waals surface area contributed by atoms with Crippen molar-refractivity contribution >= 4 is 9.84 Å². The summed E-state index contributed by atoms with van der Waals surface area (Å²) >= 11 is 0. The van der Waals surface area contributed by atoms with E-state index in [2.05, 4.69) is 0 Å². The van der Waals surface area contributed by atoms with E-state index in [9.17, 15) is 22.3 Å². The van der Waals surface area contributed by atoms with E-state index in [4.69, 9.17) is 10.00 Å². The number of rotatable bonds is 3. The van der Waals surface area contributed by atoms with Crippen LogP contribution in [0, 0.1) is 17.1 Å². The lowest BCUT2D eigenvalue weighted by Crippen LogP contribution is -2.06. The zero-order chi connectivity index (χ0) is 18.4. The Morgan fingerprint density at radius 2 is 2.00 bits per heavy atom. The molecule has 1 aliphatic carbocycles. The van der Waals surface area contributed by atoms with Crippen molar-refractivity contribution in [3.05, 3.63) is 52.8 Å². The van der Waals surface area contributed by atoms with Crippen LogP contribution >= 0.6 is 0 Å².